The lowest BCUT2D eigenvalue weighted by Gasteiger charge is -2.01. The summed E-state index contributed by atoms with van der Waals surface area (Å²) in [5.41, 5.74) is 2.23. The van der Waals surface area contributed by atoms with Crippen molar-refractivity contribution in [1.29, 1.82) is 0 Å². The molecule has 0 saturated carbocycles. The Labute approximate surface area is 145 Å². The number of hydrogen-bond acceptors (Lipinski definition) is 4. The Morgan fingerprint density at radius 1 is 1.17 bits per heavy atom. The van der Waals surface area contributed by atoms with Crippen LogP contribution in [-0.4, -0.2) is 14.8 Å². The molecule has 0 amide bonds. The Hall–Kier alpha value is -2.38. The number of nitrogens with zero attached hydrogens (tertiary/aromatic N) is 2. The van der Waals surface area contributed by atoms with Gasteiger partial charge in [0, 0.05) is 17.5 Å². The molecular formula is C17H12FN3OS2. The highest BCUT2D eigenvalue weighted by atomic mass is 32.2. The number of aromatic amines is 1. The van der Waals surface area contributed by atoms with Gasteiger partial charge in [0.15, 0.2) is 4.34 Å². The first kappa shape index (κ1) is 15.2. The molecule has 0 fully saturated rings. The van der Waals surface area contributed by atoms with E-state index < -0.39 is 0 Å². The minimum absolute atomic E-state index is 0.165. The summed E-state index contributed by atoms with van der Waals surface area (Å²) >= 11 is 3.22. The number of nitrogens with one attached hydrogen (secondary N) is 1. The number of H-pyrrole nitrogens is 1. The third-order valence-corrected chi connectivity index (χ3v) is 5.71. The monoisotopic (exact) mass is 357 g/mol. The van der Waals surface area contributed by atoms with E-state index >= 15 is 0 Å². The molecule has 0 spiro atoms. The van der Waals surface area contributed by atoms with Gasteiger partial charge in [0.1, 0.15) is 5.82 Å². The number of fused-ring (bicyclic) bond motifs is 1. The molecule has 2 aromatic heterocycles. The van der Waals surface area contributed by atoms with Crippen molar-refractivity contribution in [2.45, 2.75) is 10.1 Å². The maximum Gasteiger partial charge on any atom is 0.271 e. The van der Waals surface area contributed by atoms with Gasteiger partial charge in [-0.2, -0.15) is 0 Å². The van der Waals surface area contributed by atoms with Gasteiger partial charge >= 0.3 is 0 Å². The van der Waals surface area contributed by atoms with Gasteiger partial charge in [-0.15, -0.1) is 11.3 Å². The van der Waals surface area contributed by atoms with Gasteiger partial charge in [-0.1, -0.05) is 23.9 Å². The molecule has 120 valence electrons. The number of rotatable bonds is 4. The molecule has 0 saturated heterocycles. The fourth-order valence-electron chi connectivity index (χ4n) is 2.35. The minimum Gasteiger partial charge on any atom is -0.294 e. The van der Waals surface area contributed by atoms with Crippen LogP contribution < -0.4 is 5.56 Å². The highest BCUT2D eigenvalue weighted by Gasteiger charge is 2.08. The number of thiazole rings is 1. The molecular weight excluding hydrogens is 345 g/mol. The number of aromatic nitrogens is 3. The van der Waals surface area contributed by atoms with Crippen molar-refractivity contribution in [3.8, 4) is 5.69 Å². The molecule has 2 aromatic carbocycles. The second-order valence-electron chi connectivity index (χ2n) is 5.17. The molecule has 7 heteroatoms. The van der Waals surface area contributed by atoms with Crippen LogP contribution in [0, 0.1) is 5.82 Å². The van der Waals surface area contributed by atoms with Crippen LogP contribution in [0.3, 0.4) is 0 Å². The second-order valence-corrected chi connectivity index (χ2v) is 7.42. The molecule has 4 rings (SSSR count). The summed E-state index contributed by atoms with van der Waals surface area (Å²) in [7, 11) is 0. The van der Waals surface area contributed by atoms with Gasteiger partial charge in [-0.3, -0.25) is 9.89 Å². The molecule has 2 heterocycles. The zero-order chi connectivity index (χ0) is 16.5. The number of benzene rings is 2. The fourth-order valence-corrected chi connectivity index (χ4v) is 4.32. The van der Waals surface area contributed by atoms with Crippen LogP contribution in [0.4, 0.5) is 4.39 Å². The van der Waals surface area contributed by atoms with Crippen molar-refractivity contribution < 1.29 is 4.39 Å². The molecule has 0 radical (unpaired) electrons. The summed E-state index contributed by atoms with van der Waals surface area (Å²) in [6.45, 7) is 0. The van der Waals surface area contributed by atoms with Crippen LogP contribution in [0.5, 0.6) is 0 Å². The Kier molecular flexibility index (Phi) is 3.95. The van der Waals surface area contributed by atoms with E-state index in [9.17, 15) is 9.18 Å². The molecule has 1 N–H and O–H groups in total. The van der Waals surface area contributed by atoms with E-state index in [-0.39, 0.29) is 11.4 Å². The molecule has 24 heavy (non-hydrogen) atoms. The van der Waals surface area contributed by atoms with Crippen LogP contribution >= 0.6 is 23.1 Å². The number of thioether (sulfide) groups is 1. The predicted octanol–water partition coefficient (Wildman–Crippen LogP) is 4.21. The average Bonchev–Trinajstić information content (AvgIpc) is 3.16. The van der Waals surface area contributed by atoms with Gasteiger partial charge in [0.2, 0.25) is 0 Å². The van der Waals surface area contributed by atoms with E-state index in [2.05, 4.69) is 10.1 Å². The highest BCUT2D eigenvalue weighted by Crippen LogP contribution is 2.30. The summed E-state index contributed by atoms with van der Waals surface area (Å²) in [5.74, 6) is 0.286. The van der Waals surface area contributed by atoms with E-state index in [0.29, 0.717) is 11.4 Å². The number of halogens is 1. The zero-order valence-electron chi connectivity index (χ0n) is 12.4. The summed E-state index contributed by atoms with van der Waals surface area (Å²) < 4.78 is 16.5. The van der Waals surface area contributed by atoms with Crippen molar-refractivity contribution in [3.63, 3.8) is 0 Å². The van der Waals surface area contributed by atoms with Gasteiger partial charge in [-0.25, -0.2) is 14.1 Å². The largest absolute Gasteiger partial charge is 0.294 e. The van der Waals surface area contributed by atoms with Crippen LogP contribution in [0.15, 0.2) is 63.7 Å². The maximum atomic E-state index is 13.0. The molecule has 0 aliphatic heterocycles. The third kappa shape index (κ3) is 3.00. The van der Waals surface area contributed by atoms with Crippen molar-refractivity contribution in [2.24, 2.45) is 0 Å². The molecule has 0 unspecified atom stereocenters. The van der Waals surface area contributed by atoms with Gasteiger partial charge in [0.25, 0.3) is 5.56 Å². The molecule has 0 aliphatic rings. The first-order valence-corrected chi connectivity index (χ1v) is 9.04. The van der Waals surface area contributed by atoms with Gasteiger partial charge < -0.3 is 0 Å². The lowest BCUT2D eigenvalue weighted by atomic mass is 10.3. The molecule has 0 aliphatic carbocycles. The highest BCUT2D eigenvalue weighted by molar-refractivity contribution is 8.00. The molecule has 0 bridgehead atoms. The SMILES string of the molecule is O=c1cc(CSc2nc3ccccc3s2)[nH]n1-c1ccc(F)cc1. The van der Waals surface area contributed by atoms with E-state index in [4.69, 9.17) is 0 Å². The van der Waals surface area contributed by atoms with E-state index in [1.165, 1.54) is 16.8 Å². The smallest absolute Gasteiger partial charge is 0.271 e. The molecule has 4 aromatic rings. The van der Waals surface area contributed by atoms with Crippen LogP contribution in [0.25, 0.3) is 15.9 Å². The summed E-state index contributed by atoms with van der Waals surface area (Å²) in [4.78, 5) is 16.7. The average molecular weight is 357 g/mol. The van der Waals surface area contributed by atoms with Crippen molar-refractivity contribution in [3.05, 3.63) is 76.5 Å². The maximum absolute atomic E-state index is 13.0. The van der Waals surface area contributed by atoms with Gasteiger partial charge in [0.05, 0.1) is 15.9 Å². The van der Waals surface area contributed by atoms with E-state index in [0.717, 1.165) is 20.3 Å². The van der Waals surface area contributed by atoms with Gasteiger partial charge in [-0.05, 0) is 36.4 Å². The molecule has 4 nitrogen and oxygen atoms in total. The Morgan fingerprint density at radius 3 is 2.75 bits per heavy atom. The summed E-state index contributed by atoms with van der Waals surface area (Å²) in [6.07, 6.45) is 0. The Morgan fingerprint density at radius 2 is 1.96 bits per heavy atom. The first-order chi connectivity index (χ1) is 11.7. The normalized spacial score (nSPS) is 11.2. The first-order valence-electron chi connectivity index (χ1n) is 7.24. The van der Waals surface area contributed by atoms with Crippen molar-refractivity contribution in [2.75, 3.05) is 0 Å². The standard InChI is InChI=1S/C17H12FN3OS2/c18-11-5-7-13(8-6-11)21-16(22)9-12(20-21)10-23-17-19-14-3-1-2-4-15(14)24-17/h1-9,20H,10H2. The zero-order valence-corrected chi connectivity index (χ0v) is 14.0. The van der Waals surface area contributed by atoms with Crippen LogP contribution in [-0.2, 0) is 5.75 Å². The topological polar surface area (TPSA) is 50.7 Å². The number of para-hydroxylation sites is 1. The number of hydrogen-bond donors (Lipinski definition) is 1. The third-order valence-electron chi connectivity index (χ3n) is 3.48. The van der Waals surface area contributed by atoms with E-state index in [1.54, 1.807) is 41.3 Å². The van der Waals surface area contributed by atoms with Crippen LogP contribution in [0.1, 0.15) is 5.69 Å². The Bertz CT molecular complexity index is 1020. The predicted molar refractivity (Wildman–Crippen MR) is 95.5 cm³/mol. The lowest BCUT2D eigenvalue weighted by Crippen LogP contribution is -2.13. The van der Waals surface area contributed by atoms with Crippen LogP contribution in [0.2, 0.25) is 0 Å². The second kappa shape index (κ2) is 6.26. The summed E-state index contributed by atoms with van der Waals surface area (Å²) in [5, 5.41) is 3.06. The fraction of sp³-hybridized carbons (Fsp3) is 0.0588. The Balaban J connectivity index is 1.54. The minimum atomic E-state index is -0.329. The lowest BCUT2D eigenvalue weighted by molar-refractivity contribution is 0.627. The van der Waals surface area contributed by atoms with E-state index in [1.807, 2.05) is 24.3 Å². The summed E-state index contributed by atoms with van der Waals surface area (Å²) in [6, 6.07) is 15.4. The quantitative estimate of drug-likeness (QED) is 0.557. The van der Waals surface area contributed by atoms with Crippen molar-refractivity contribution >= 4 is 33.3 Å². The molecule has 0 atom stereocenters. The van der Waals surface area contributed by atoms with Crippen molar-refractivity contribution in [1.82, 2.24) is 14.8 Å².